The minimum absolute atomic E-state index is 0.180. The maximum absolute atomic E-state index is 13.3. The van der Waals surface area contributed by atoms with Crippen LogP contribution in [0.1, 0.15) is 4.88 Å². The van der Waals surface area contributed by atoms with Gasteiger partial charge in [-0.05, 0) is 25.1 Å². The van der Waals surface area contributed by atoms with Crippen molar-refractivity contribution in [2.75, 3.05) is 7.11 Å². The van der Waals surface area contributed by atoms with Gasteiger partial charge in [-0.15, -0.1) is 11.3 Å². The minimum Gasteiger partial charge on any atom is -0.495 e. The van der Waals surface area contributed by atoms with Gasteiger partial charge in [0.2, 0.25) is 0 Å². The third-order valence-corrected chi connectivity index (χ3v) is 3.00. The van der Waals surface area contributed by atoms with Crippen molar-refractivity contribution in [1.82, 2.24) is 0 Å². The van der Waals surface area contributed by atoms with E-state index in [2.05, 4.69) is 0 Å². The molecule has 1 aromatic carbocycles. The molecular formula is C10H9FOS. The van der Waals surface area contributed by atoms with Gasteiger partial charge >= 0.3 is 0 Å². The number of ether oxygens (including phenoxy) is 1. The van der Waals surface area contributed by atoms with Crippen LogP contribution in [0.4, 0.5) is 4.39 Å². The highest BCUT2D eigenvalue weighted by Gasteiger charge is 2.08. The average molecular weight is 196 g/mol. The quantitative estimate of drug-likeness (QED) is 0.679. The van der Waals surface area contributed by atoms with Gasteiger partial charge in [0.25, 0.3) is 0 Å². The van der Waals surface area contributed by atoms with E-state index in [9.17, 15) is 4.39 Å². The van der Waals surface area contributed by atoms with Gasteiger partial charge in [-0.1, -0.05) is 0 Å². The van der Waals surface area contributed by atoms with Crippen molar-refractivity contribution in [2.45, 2.75) is 6.92 Å². The molecule has 0 radical (unpaired) electrons. The molecular weight excluding hydrogens is 187 g/mol. The molecule has 13 heavy (non-hydrogen) atoms. The lowest BCUT2D eigenvalue weighted by atomic mass is 10.2. The summed E-state index contributed by atoms with van der Waals surface area (Å²) in [5.74, 6) is 0.564. The number of fused-ring (bicyclic) bond motifs is 1. The highest BCUT2D eigenvalue weighted by Crippen LogP contribution is 2.34. The summed E-state index contributed by atoms with van der Waals surface area (Å²) in [5.41, 5.74) is 0. The second-order valence-corrected chi connectivity index (χ2v) is 4.11. The highest BCUT2D eigenvalue weighted by molar-refractivity contribution is 7.19. The predicted octanol–water partition coefficient (Wildman–Crippen LogP) is 3.36. The molecule has 1 heterocycles. The van der Waals surface area contributed by atoms with Crippen LogP contribution < -0.4 is 4.74 Å². The fraction of sp³-hybridized carbons (Fsp3) is 0.200. The molecule has 0 aliphatic carbocycles. The Bertz CT molecular complexity index is 447. The molecule has 0 bridgehead atoms. The topological polar surface area (TPSA) is 9.23 Å². The van der Waals surface area contributed by atoms with Crippen LogP contribution in [-0.4, -0.2) is 7.11 Å². The molecule has 2 rings (SSSR count). The zero-order valence-corrected chi connectivity index (χ0v) is 8.24. The molecule has 1 aromatic heterocycles. The first-order valence-electron chi connectivity index (χ1n) is 3.95. The van der Waals surface area contributed by atoms with E-state index in [1.165, 1.54) is 6.07 Å². The van der Waals surface area contributed by atoms with Crippen molar-refractivity contribution in [3.05, 3.63) is 28.9 Å². The van der Waals surface area contributed by atoms with Crippen LogP contribution >= 0.6 is 11.3 Å². The first-order valence-corrected chi connectivity index (χ1v) is 4.76. The van der Waals surface area contributed by atoms with Gasteiger partial charge in [0.1, 0.15) is 11.6 Å². The Balaban J connectivity index is 2.83. The molecule has 0 aliphatic heterocycles. The van der Waals surface area contributed by atoms with E-state index in [0.29, 0.717) is 5.39 Å². The summed E-state index contributed by atoms with van der Waals surface area (Å²) in [6, 6.07) is 4.94. The second kappa shape index (κ2) is 3.00. The van der Waals surface area contributed by atoms with Crippen LogP contribution in [0.15, 0.2) is 18.2 Å². The molecule has 68 valence electrons. The average Bonchev–Trinajstić information content (AvgIpc) is 2.48. The molecule has 0 saturated heterocycles. The smallest absolute Gasteiger partial charge is 0.136 e. The van der Waals surface area contributed by atoms with E-state index in [-0.39, 0.29) is 5.82 Å². The summed E-state index contributed by atoms with van der Waals surface area (Å²) in [4.78, 5) is 1.10. The minimum atomic E-state index is -0.180. The molecule has 0 atom stereocenters. The van der Waals surface area contributed by atoms with Gasteiger partial charge in [-0.3, -0.25) is 0 Å². The van der Waals surface area contributed by atoms with Gasteiger partial charge in [0.15, 0.2) is 0 Å². The Labute approximate surface area is 79.8 Å². The lowest BCUT2D eigenvalue weighted by Gasteiger charge is -2.00. The van der Waals surface area contributed by atoms with Gasteiger partial charge in [-0.2, -0.15) is 0 Å². The van der Waals surface area contributed by atoms with Crippen molar-refractivity contribution >= 4 is 21.4 Å². The van der Waals surface area contributed by atoms with E-state index in [4.69, 9.17) is 4.74 Å². The Hall–Kier alpha value is -1.09. The van der Waals surface area contributed by atoms with Crippen molar-refractivity contribution in [2.24, 2.45) is 0 Å². The maximum Gasteiger partial charge on any atom is 0.136 e. The largest absolute Gasteiger partial charge is 0.495 e. The zero-order chi connectivity index (χ0) is 9.42. The molecule has 1 nitrogen and oxygen atoms in total. The van der Waals surface area contributed by atoms with E-state index < -0.39 is 0 Å². The predicted molar refractivity (Wildman–Crippen MR) is 53.1 cm³/mol. The lowest BCUT2D eigenvalue weighted by molar-refractivity contribution is 0.420. The molecule has 0 amide bonds. The number of rotatable bonds is 1. The molecule has 3 heteroatoms. The molecule has 0 N–H and O–H groups in total. The molecule has 0 aliphatic rings. The Morgan fingerprint density at radius 1 is 1.38 bits per heavy atom. The van der Waals surface area contributed by atoms with Crippen molar-refractivity contribution in [3.8, 4) is 5.75 Å². The normalized spacial score (nSPS) is 10.7. The SMILES string of the molecule is COc1ccc(F)c2cc(C)sc12. The number of hydrogen-bond donors (Lipinski definition) is 0. The summed E-state index contributed by atoms with van der Waals surface area (Å²) in [6.07, 6.45) is 0. The van der Waals surface area contributed by atoms with Gasteiger partial charge in [0.05, 0.1) is 11.8 Å². The van der Waals surface area contributed by atoms with Crippen LogP contribution in [0, 0.1) is 12.7 Å². The zero-order valence-electron chi connectivity index (χ0n) is 7.43. The Kier molecular flexibility index (Phi) is 1.96. The van der Waals surface area contributed by atoms with Crippen LogP contribution in [0.3, 0.4) is 0 Å². The summed E-state index contributed by atoms with van der Waals surface area (Å²) in [5, 5.41) is 0.654. The number of hydrogen-bond acceptors (Lipinski definition) is 2. The van der Waals surface area contributed by atoms with Crippen molar-refractivity contribution in [3.63, 3.8) is 0 Å². The maximum atomic E-state index is 13.3. The number of thiophene rings is 1. The van der Waals surface area contributed by atoms with Gasteiger partial charge in [0, 0.05) is 10.3 Å². The first-order chi connectivity index (χ1) is 6.22. The summed E-state index contributed by atoms with van der Waals surface area (Å²) in [6.45, 7) is 1.96. The van der Waals surface area contributed by atoms with Crippen molar-refractivity contribution < 1.29 is 9.13 Å². The van der Waals surface area contributed by atoms with Gasteiger partial charge in [-0.25, -0.2) is 4.39 Å². The highest BCUT2D eigenvalue weighted by atomic mass is 32.1. The molecule has 0 fully saturated rings. The Morgan fingerprint density at radius 2 is 2.15 bits per heavy atom. The molecule has 0 spiro atoms. The first kappa shape index (κ1) is 8.51. The van der Waals surface area contributed by atoms with Crippen molar-refractivity contribution in [1.29, 1.82) is 0 Å². The van der Waals surface area contributed by atoms with E-state index in [0.717, 1.165) is 15.3 Å². The number of halogens is 1. The fourth-order valence-electron chi connectivity index (χ4n) is 1.35. The van der Waals surface area contributed by atoms with Crippen LogP contribution in [-0.2, 0) is 0 Å². The third-order valence-electron chi connectivity index (χ3n) is 1.94. The Morgan fingerprint density at radius 3 is 2.85 bits per heavy atom. The summed E-state index contributed by atoms with van der Waals surface area (Å²) in [7, 11) is 1.60. The van der Waals surface area contributed by atoms with Crippen LogP contribution in [0.2, 0.25) is 0 Å². The van der Waals surface area contributed by atoms with E-state index in [1.54, 1.807) is 24.5 Å². The fourth-order valence-corrected chi connectivity index (χ4v) is 2.37. The second-order valence-electron chi connectivity index (χ2n) is 2.85. The van der Waals surface area contributed by atoms with E-state index in [1.807, 2.05) is 13.0 Å². The number of aryl methyl sites for hydroxylation is 1. The number of benzene rings is 1. The number of methoxy groups -OCH3 is 1. The third kappa shape index (κ3) is 1.29. The molecule has 0 unspecified atom stereocenters. The summed E-state index contributed by atoms with van der Waals surface area (Å²) >= 11 is 1.55. The standard InChI is InChI=1S/C10H9FOS/c1-6-5-7-8(11)3-4-9(12-2)10(7)13-6/h3-5H,1-2H3. The summed E-state index contributed by atoms with van der Waals surface area (Å²) < 4.78 is 19.3. The molecule has 2 aromatic rings. The van der Waals surface area contributed by atoms with Crippen LogP contribution in [0.5, 0.6) is 5.75 Å². The van der Waals surface area contributed by atoms with Gasteiger partial charge < -0.3 is 4.74 Å². The van der Waals surface area contributed by atoms with E-state index >= 15 is 0 Å². The monoisotopic (exact) mass is 196 g/mol. The lowest BCUT2D eigenvalue weighted by Crippen LogP contribution is -1.83. The van der Waals surface area contributed by atoms with Crippen LogP contribution in [0.25, 0.3) is 10.1 Å². The molecule has 0 saturated carbocycles.